The lowest BCUT2D eigenvalue weighted by atomic mass is 10.1. The molecule has 1 aromatic rings. The van der Waals surface area contributed by atoms with Gasteiger partial charge in [-0.15, -0.1) is 0 Å². The summed E-state index contributed by atoms with van der Waals surface area (Å²) in [5, 5.41) is 3.40. The third kappa shape index (κ3) is 6.80. The molecule has 3 heteroatoms. The van der Waals surface area contributed by atoms with Crippen molar-refractivity contribution in [2.24, 2.45) is 0 Å². The van der Waals surface area contributed by atoms with Gasteiger partial charge in [-0.3, -0.25) is 0 Å². The van der Waals surface area contributed by atoms with Crippen molar-refractivity contribution in [3.8, 4) is 0 Å². The quantitative estimate of drug-likeness (QED) is 0.774. The van der Waals surface area contributed by atoms with Crippen molar-refractivity contribution in [2.45, 2.75) is 46.6 Å². The molecule has 126 valence electrons. The van der Waals surface area contributed by atoms with Gasteiger partial charge in [0.15, 0.2) is 0 Å². The number of unbranched alkanes of at least 4 members (excludes halogenated alkanes) is 2. The van der Waals surface area contributed by atoms with Gasteiger partial charge in [0, 0.05) is 38.4 Å². The second kappa shape index (κ2) is 11.5. The molecule has 0 aromatic heterocycles. The second-order valence-electron chi connectivity index (χ2n) is 5.85. The first-order valence-electron chi connectivity index (χ1n) is 9.02. The highest BCUT2D eigenvalue weighted by atomic mass is 15.2. The van der Waals surface area contributed by atoms with Gasteiger partial charge in [0.1, 0.15) is 0 Å². The molecule has 1 N–H and O–H groups in total. The normalized spacial score (nSPS) is 14.7. The maximum atomic E-state index is 3.40. The van der Waals surface area contributed by atoms with E-state index in [-0.39, 0.29) is 0 Å². The van der Waals surface area contributed by atoms with Crippen LogP contribution in [-0.2, 0) is 6.54 Å². The lowest BCUT2D eigenvalue weighted by Crippen LogP contribution is -2.43. The van der Waals surface area contributed by atoms with Crippen LogP contribution in [0, 0.1) is 0 Å². The number of rotatable bonds is 7. The number of hydrogen-bond acceptors (Lipinski definition) is 3. The summed E-state index contributed by atoms with van der Waals surface area (Å²) in [5.41, 5.74) is 2.78. The van der Waals surface area contributed by atoms with E-state index in [0.717, 1.165) is 32.7 Å². The lowest BCUT2D eigenvalue weighted by Gasteiger charge is -2.29. The minimum atomic E-state index is 1.06. The summed E-state index contributed by atoms with van der Waals surface area (Å²) in [6.45, 7) is 13.0. The maximum Gasteiger partial charge on any atom is 0.0367 e. The lowest BCUT2D eigenvalue weighted by molar-refractivity contribution is 0.318. The molecule has 1 aromatic carbocycles. The van der Waals surface area contributed by atoms with Crippen LogP contribution in [-0.4, -0.2) is 44.7 Å². The SMILES string of the molecule is CC.CCCCCN(C)Cc1ccc(N2CCNCC2)cc1. The zero-order valence-electron chi connectivity index (χ0n) is 15.1. The second-order valence-corrected chi connectivity index (χ2v) is 5.85. The Morgan fingerprint density at radius 3 is 2.27 bits per heavy atom. The molecule has 22 heavy (non-hydrogen) atoms. The monoisotopic (exact) mass is 305 g/mol. The van der Waals surface area contributed by atoms with Crippen LogP contribution in [0.4, 0.5) is 5.69 Å². The molecule has 1 fully saturated rings. The minimum absolute atomic E-state index is 1.06. The van der Waals surface area contributed by atoms with Crippen LogP contribution >= 0.6 is 0 Å². The molecule has 0 bridgehead atoms. The molecule has 0 aliphatic carbocycles. The van der Waals surface area contributed by atoms with Crippen LogP contribution in [0.25, 0.3) is 0 Å². The zero-order valence-corrected chi connectivity index (χ0v) is 15.1. The Kier molecular flexibility index (Phi) is 9.93. The third-order valence-corrected chi connectivity index (χ3v) is 4.01. The summed E-state index contributed by atoms with van der Waals surface area (Å²) in [4.78, 5) is 4.89. The summed E-state index contributed by atoms with van der Waals surface area (Å²) >= 11 is 0. The van der Waals surface area contributed by atoms with E-state index in [1.807, 2.05) is 13.8 Å². The van der Waals surface area contributed by atoms with E-state index in [1.54, 1.807) is 0 Å². The number of hydrogen-bond donors (Lipinski definition) is 1. The van der Waals surface area contributed by atoms with Crippen molar-refractivity contribution in [1.29, 1.82) is 0 Å². The van der Waals surface area contributed by atoms with E-state index < -0.39 is 0 Å². The van der Waals surface area contributed by atoms with Crippen molar-refractivity contribution in [3.63, 3.8) is 0 Å². The Morgan fingerprint density at radius 1 is 1.05 bits per heavy atom. The van der Waals surface area contributed by atoms with Crippen molar-refractivity contribution < 1.29 is 0 Å². The van der Waals surface area contributed by atoms with Gasteiger partial charge in [0.25, 0.3) is 0 Å². The van der Waals surface area contributed by atoms with Gasteiger partial charge in [0.05, 0.1) is 0 Å². The van der Waals surface area contributed by atoms with Crippen molar-refractivity contribution in [2.75, 3.05) is 44.7 Å². The topological polar surface area (TPSA) is 18.5 Å². The molecule has 3 nitrogen and oxygen atoms in total. The summed E-state index contributed by atoms with van der Waals surface area (Å²) in [6.07, 6.45) is 3.95. The molecule has 1 aliphatic heterocycles. The van der Waals surface area contributed by atoms with Gasteiger partial charge < -0.3 is 15.1 Å². The van der Waals surface area contributed by atoms with Crippen LogP contribution in [0.5, 0.6) is 0 Å². The molecule has 0 radical (unpaired) electrons. The molecule has 0 atom stereocenters. The number of nitrogens with zero attached hydrogens (tertiary/aromatic N) is 2. The molecule has 0 amide bonds. The van der Waals surface area contributed by atoms with Gasteiger partial charge >= 0.3 is 0 Å². The standard InChI is InChI=1S/C17H29N3.C2H6/c1-3-4-5-12-19(2)15-16-6-8-17(9-7-16)20-13-10-18-11-14-20;1-2/h6-9,18H,3-5,10-15H2,1-2H3;1-2H3. The van der Waals surface area contributed by atoms with Gasteiger partial charge in [-0.25, -0.2) is 0 Å². The molecule has 1 aliphatic rings. The predicted molar refractivity (Wildman–Crippen MR) is 98.7 cm³/mol. The molecule has 1 heterocycles. The van der Waals surface area contributed by atoms with Crippen LogP contribution in [0.15, 0.2) is 24.3 Å². The van der Waals surface area contributed by atoms with Gasteiger partial charge in [-0.1, -0.05) is 45.7 Å². The Bertz CT molecular complexity index is 369. The molecular formula is C19H35N3. The Morgan fingerprint density at radius 2 is 1.68 bits per heavy atom. The summed E-state index contributed by atoms with van der Waals surface area (Å²) in [6, 6.07) is 9.13. The average Bonchev–Trinajstić information content (AvgIpc) is 2.58. The molecule has 2 rings (SSSR count). The van der Waals surface area contributed by atoms with Gasteiger partial charge in [0.2, 0.25) is 0 Å². The van der Waals surface area contributed by atoms with E-state index in [9.17, 15) is 0 Å². The van der Waals surface area contributed by atoms with E-state index in [4.69, 9.17) is 0 Å². The number of benzene rings is 1. The van der Waals surface area contributed by atoms with Crippen molar-refractivity contribution in [1.82, 2.24) is 10.2 Å². The first-order chi connectivity index (χ1) is 10.8. The van der Waals surface area contributed by atoms with E-state index in [1.165, 1.54) is 37.1 Å². The Hall–Kier alpha value is -1.06. The first-order valence-corrected chi connectivity index (χ1v) is 9.02. The van der Waals surface area contributed by atoms with Crippen molar-refractivity contribution >= 4 is 5.69 Å². The van der Waals surface area contributed by atoms with Crippen LogP contribution in [0.2, 0.25) is 0 Å². The fraction of sp³-hybridized carbons (Fsp3) is 0.684. The highest BCUT2D eigenvalue weighted by Gasteiger charge is 2.10. The van der Waals surface area contributed by atoms with Gasteiger partial charge in [-0.05, 0) is 37.7 Å². The number of piperazine rings is 1. The van der Waals surface area contributed by atoms with E-state index in [0.29, 0.717) is 0 Å². The largest absolute Gasteiger partial charge is 0.369 e. The highest BCUT2D eigenvalue weighted by Crippen LogP contribution is 2.16. The molecule has 0 saturated carbocycles. The first kappa shape index (κ1) is 19.0. The summed E-state index contributed by atoms with van der Waals surface area (Å²) < 4.78 is 0. The minimum Gasteiger partial charge on any atom is -0.369 e. The summed E-state index contributed by atoms with van der Waals surface area (Å²) in [7, 11) is 2.22. The zero-order chi connectivity index (χ0) is 16.2. The van der Waals surface area contributed by atoms with E-state index in [2.05, 4.69) is 53.4 Å². The van der Waals surface area contributed by atoms with Crippen molar-refractivity contribution in [3.05, 3.63) is 29.8 Å². The maximum absolute atomic E-state index is 3.40. The van der Waals surface area contributed by atoms with Crippen LogP contribution in [0.3, 0.4) is 0 Å². The Labute approximate surface area is 137 Å². The van der Waals surface area contributed by atoms with Crippen LogP contribution < -0.4 is 10.2 Å². The van der Waals surface area contributed by atoms with Crippen LogP contribution in [0.1, 0.15) is 45.6 Å². The molecular weight excluding hydrogens is 270 g/mol. The third-order valence-electron chi connectivity index (χ3n) is 4.01. The fourth-order valence-electron chi connectivity index (χ4n) is 2.76. The number of anilines is 1. The fourth-order valence-corrected chi connectivity index (χ4v) is 2.76. The molecule has 0 unspecified atom stereocenters. The van der Waals surface area contributed by atoms with E-state index >= 15 is 0 Å². The molecule has 0 spiro atoms. The summed E-state index contributed by atoms with van der Waals surface area (Å²) in [5.74, 6) is 0. The average molecular weight is 306 g/mol. The number of nitrogens with one attached hydrogen (secondary N) is 1. The predicted octanol–water partition coefficient (Wildman–Crippen LogP) is 3.74. The Balaban J connectivity index is 0.00000116. The highest BCUT2D eigenvalue weighted by molar-refractivity contribution is 5.48. The molecule has 1 saturated heterocycles. The van der Waals surface area contributed by atoms with Gasteiger partial charge in [-0.2, -0.15) is 0 Å². The smallest absolute Gasteiger partial charge is 0.0367 e.